The Hall–Kier alpha value is -2.23. The highest BCUT2D eigenvalue weighted by molar-refractivity contribution is 5.76. The summed E-state index contributed by atoms with van der Waals surface area (Å²) < 4.78 is 13.3. The van der Waals surface area contributed by atoms with Crippen molar-refractivity contribution in [3.8, 4) is 0 Å². The lowest BCUT2D eigenvalue weighted by Gasteiger charge is -2.04. The van der Waals surface area contributed by atoms with E-state index in [1.807, 2.05) is 6.07 Å². The highest BCUT2D eigenvalue weighted by Gasteiger charge is 2.03. The van der Waals surface area contributed by atoms with Crippen LogP contribution in [0.2, 0.25) is 0 Å². The molecular formula is C17H19FN2O. The Kier molecular flexibility index (Phi) is 5.88. The minimum atomic E-state index is -0.472. The summed E-state index contributed by atoms with van der Waals surface area (Å²) in [4.78, 5) is 4.13. The van der Waals surface area contributed by atoms with E-state index in [-0.39, 0.29) is 5.69 Å². The van der Waals surface area contributed by atoms with Gasteiger partial charge in [-0.15, -0.1) is 0 Å². The molecule has 3 nitrogen and oxygen atoms in total. The molecule has 4 heteroatoms. The topological polar surface area (TPSA) is 45.5 Å². The van der Waals surface area contributed by atoms with E-state index in [1.165, 1.54) is 11.6 Å². The number of rotatable bonds is 7. The van der Waals surface area contributed by atoms with Crippen LogP contribution >= 0.6 is 0 Å². The lowest BCUT2D eigenvalue weighted by Crippen LogP contribution is -1.99. The molecule has 1 aromatic carbocycles. The Bertz CT molecular complexity index is 585. The third kappa shape index (κ3) is 4.99. The predicted octanol–water partition coefficient (Wildman–Crippen LogP) is 3.98. The van der Waals surface area contributed by atoms with Gasteiger partial charge in [0.1, 0.15) is 5.69 Å². The highest BCUT2D eigenvalue weighted by Crippen LogP contribution is 2.10. The summed E-state index contributed by atoms with van der Waals surface area (Å²) >= 11 is 0. The largest absolute Gasteiger partial charge is 0.411 e. The molecule has 0 saturated heterocycles. The van der Waals surface area contributed by atoms with Crippen molar-refractivity contribution >= 4 is 6.21 Å². The van der Waals surface area contributed by atoms with Crippen molar-refractivity contribution in [2.75, 3.05) is 0 Å². The van der Waals surface area contributed by atoms with Crippen molar-refractivity contribution in [1.29, 1.82) is 0 Å². The molecule has 2 aromatic rings. The molecule has 0 unspecified atom stereocenters. The molecule has 0 atom stereocenters. The normalized spacial score (nSPS) is 11.1. The average Bonchev–Trinajstić information content (AvgIpc) is 2.51. The van der Waals surface area contributed by atoms with E-state index < -0.39 is 5.82 Å². The second-order valence-electron chi connectivity index (χ2n) is 4.96. The van der Waals surface area contributed by atoms with Gasteiger partial charge in [-0.3, -0.25) is 0 Å². The second kappa shape index (κ2) is 8.15. The van der Waals surface area contributed by atoms with Crippen LogP contribution in [0.25, 0.3) is 0 Å². The van der Waals surface area contributed by atoms with Gasteiger partial charge in [-0.05, 0) is 43.4 Å². The summed E-state index contributed by atoms with van der Waals surface area (Å²) in [5.74, 6) is -0.472. The Morgan fingerprint density at radius 2 is 1.76 bits per heavy atom. The molecule has 0 fully saturated rings. The number of hydrogen-bond donors (Lipinski definition) is 1. The van der Waals surface area contributed by atoms with Crippen molar-refractivity contribution < 1.29 is 9.60 Å². The second-order valence-corrected chi connectivity index (χ2v) is 4.96. The van der Waals surface area contributed by atoms with Crippen LogP contribution in [0, 0.1) is 5.82 Å². The maximum absolute atomic E-state index is 13.3. The molecule has 0 radical (unpaired) electrons. The average molecular weight is 286 g/mol. The number of pyridine rings is 1. The molecule has 110 valence electrons. The first-order valence-electron chi connectivity index (χ1n) is 7.16. The molecule has 0 aliphatic heterocycles. The summed E-state index contributed by atoms with van der Waals surface area (Å²) in [7, 11) is 0. The van der Waals surface area contributed by atoms with E-state index in [1.54, 1.807) is 6.07 Å². The first-order valence-corrected chi connectivity index (χ1v) is 7.16. The molecular weight excluding hydrogens is 267 g/mol. The van der Waals surface area contributed by atoms with Crippen molar-refractivity contribution in [2.45, 2.75) is 32.1 Å². The van der Waals surface area contributed by atoms with Crippen molar-refractivity contribution in [1.82, 2.24) is 4.98 Å². The Balaban J connectivity index is 1.75. The number of halogens is 1. The van der Waals surface area contributed by atoms with E-state index in [9.17, 15) is 4.39 Å². The molecule has 0 saturated carbocycles. The van der Waals surface area contributed by atoms with Gasteiger partial charge in [-0.25, -0.2) is 9.37 Å². The molecule has 0 bridgehead atoms. The number of unbranched alkanes of at least 4 members (excludes halogenated alkanes) is 2. The van der Waals surface area contributed by atoms with E-state index >= 15 is 0 Å². The van der Waals surface area contributed by atoms with Crippen LogP contribution in [0.5, 0.6) is 0 Å². The number of hydrogen-bond acceptors (Lipinski definition) is 3. The van der Waals surface area contributed by atoms with Crippen LogP contribution in [-0.4, -0.2) is 16.4 Å². The molecule has 0 aliphatic carbocycles. The monoisotopic (exact) mass is 286 g/mol. The van der Waals surface area contributed by atoms with Crippen LogP contribution in [-0.2, 0) is 12.8 Å². The fourth-order valence-electron chi connectivity index (χ4n) is 2.24. The number of oxime groups is 1. The van der Waals surface area contributed by atoms with Gasteiger partial charge in [0.25, 0.3) is 0 Å². The summed E-state index contributed by atoms with van der Waals surface area (Å²) in [5, 5.41) is 11.3. The van der Waals surface area contributed by atoms with Gasteiger partial charge in [0.15, 0.2) is 5.82 Å². The minimum Gasteiger partial charge on any atom is -0.411 e. The van der Waals surface area contributed by atoms with E-state index in [0.717, 1.165) is 44.0 Å². The fourth-order valence-corrected chi connectivity index (χ4v) is 2.24. The van der Waals surface area contributed by atoms with Gasteiger partial charge in [-0.2, -0.15) is 0 Å². The minimum absolute atomic E-state index is 0.0827. The number of aryl methyl sites for hydroxylation is 2. The van der Waals surface area contributed by atoms with E-state index in [2.05, 4.69) is 34.4 Å². The SMILES string of the molecule is O/N=C\c1nc(CCCCCc2ccccc2)ccc1F. The van der Waals surface area contributed by atoms with Crippen LogP contribution in [0.3, 0.4) is 0 Å². The van der Waals surface area contributed by atoms with Gasteiger partial charge < -0.3 is 5.21 Å². The lowest BCUT2D eigenvalue weighted by atomic mass is 10.1. The predicted molar refractivity (Wildman–Crippen MR) is 81.3 cm³/mol. The number of nitrogens with zero attached hydrogens (tertiary/aromatic N) is 2. The third-order valence-corrected chi connectivity index (χ3v) is 3.35. The van der Waals surface area contributed by atoms with Gasteiger partial charge in [0.2, 0.25) is 0 Å². The first-order chi connectivity index (χ1) is 10.3. The van der Waals surface area contributed by atoms with Gasteiger partial charge in [-0.1, -0.05) is 41.9 Å². The fraction of sp³-hybridized carbons (Fsp3) is 0.294. The zero-order valence-electron chi connectivity index (χ0n) is 11.9. The third-order valence-electron chi connectivity index (χ3n) is 3.35. The molecule has 1 heterocycles. The molecule has 0 amide bonds. The summed E-state index contributed by atoms with van der Waals surface area (Å²) in [6.07, 6.45) is 6.17. The quantitative estimate of drug-likeness (QED) is 0.362. The van der Waals surface area contributed by atoms with Gasteiger partial charge in [0.05, 0.1) is 6.21 Å². The molecule has 1 N–H and O–H groups in total. The van der Waals surface area contributed by atoms with Crippen LogP contribution < -0.4 is 0 Å². The summed E-state index contributed by atoms with van der Waals surface area (Å²) in [5.41, 5.74) is 2.27. The Labute approximate surface area is 124 Å². The van der Waals surface area contributed by atoms with Gasteiger partial charge >= 0.3 is 0 Å². The highest BCUT2D eigenvalue weighted by atomic mass is 19.1. The molecule has 0 aliphatic rings. The Morgan fingerprint density at radius 3 is 2.52 bits per heavy atom. The molecule has 0 spiro atoms. The maximum atomic E-state index is 13.3. The number of benzene rings is 1. The van der Waals surface area contributed by atoms with E-state index in [4.69, 9.17) is 5.21 Å². The number of aromatic nitrogens is 1. The van der Waals surface area contributed by atoms with Crippen molar-refractivity contribution in [2.24, 2.45) is 5.16 Å². The summed E-state index contributed by atoms with van der Waals surface area (Å²) in [6.45, 7) is 0. The smallest absolute Gasteiger partial charge is 0.150 e. The van der Waals surface area contributed by atoms with Crippen LogP contribution in [0.1, 0.15) is 36.2 Å². The maximum Gasteiger partial charge on any atom is 0.150 e. The standard InChI is InChI=1S/C17H19FN2O/c18-16-12-11-15(20-17(16)13-19-21)10-6-2-5-9-14-7-3-1-4-8-14/h1,3-4,7-8,11-13,21H,2,5-6,9-10H2/b19-13-. The molecule has 21 heavy (non-hydrogen) atoms. The molecule has 1 aromatic heterocycles. The molecule has 2 rings (SSSR count). The lowest BCUT2D eigenvalue weighted by molar-refractivity contribution is 0.321. The first kappa shape index (κ1) is 15.2. The summed E-state index contributed by atoms with van der Waals surface area (Å²) in [6, 6.07) is 13.5. The van der Waals surface area contributed by atoms with Crippen molar-refractivity contribution in [3.63, 3.8) is 0 Å². The van der Waals surface area contributed by atoms with E-state index in [0.29, 0.717) is 0 Å². The van der Waals surface area contributed by atoms with Crippen molar-refractivity contribution in [3.05, 3.63) is 65.2 Å². The van der Waals surface area contributed by atoms with Crippen LogP contribution in [0.15, 0.2) is 47.6 Å². The Morgan fingerprint density at radius 1 is 1.00 bits per heavy atom. The van der Waals surface area contributed by atoms with Crippen LogP contribution in [0.4, 0.5) is 4.39 Å². The zero-order chi connectivity index (χ0) is 14.9. The zero-order valence-corrected chi connectivity index (χ0v) is 11.9. The van der Waals surface area contributed by atoms with Gasteiger partial charge in [0, 0.05) is 5.69 Å².